The normalized spacial score (nSPS) is 11.9. The summed E-state index contributed by atoms with van der Waals surface area (Å²) in [5, 5.41) is 3.43. The van der Waals surface area contributed by atoms with Gasteiger partial charge in [-0.1, -0.05) is 61.8 Å². The molecular formula is C23H28ClFN2O2S. The van der Waals surface area contributed by atoms with Crippen LogP contribution in [0.15, 0.2) is 48.5 Å². The van der Waals surface area contributed by atoms with Crippen molar-refractivity contribution in [1.29, 1.82) is 0 Å². The van der Waals surface area contributed by atoms with E-state index in [1.165, 1.54) is 22.7 Å². The van der Waals surface area contributed by atoms with E-state index in [4.69, 9.17) is 11.6 Å². The lowest BCUT2D eigenvalue weighted by Crippen LogP contribution is -2.48. The van der Waals surface area contributed by atoms with Gasteiger partial charge in [-0.05, 0) is 36.1 Å². The second kappa shape index (κ2) is 12.0. The maximum absolute atomic E-state index is 13.8. The Kier molecular flexibility index (Phi) is 9.66. The number of hydrogen-bond donors (Lipinski definition) is 1. The van der Waals surface area contributed by atoms with Crippen LogP contribution in [0.1, 0.15) is 31.9 Å². The van der Waals surface area contributed by atoms with Gasteiger partial charge in [0.2, 0.25) is 11.8 Å². The molecule has 30 heavy (non-hydrogen) atoms. The van der Waals surface area contributed by atoms with Crippen LogP contribution in [0.2, 0.25) is 5.02 Å². The van der Waals surface area contributed by atoms with E-state index in [9.17, 15) is 14.0 Å². The second-order valence-electron chi connectivity index (χ2n) is 7.51. The minimum absolute atomic E-state index is 0.139. The third-order valence-electron chi connectivity index (χ3n) is 4.59. The number of nitrogens with one attached hydrogen (secondary N) is 1. The van der Waals surface area contributed by atoms with Gasteiger partial charge in [0.25, 0.3) is 0 Å². The van der Waals surface area contributed by atoms with E-state index in [0.717, 1.165) is 5.56 Å². The van der Waals surface area contributed by atoms with E-state index in [-0.39, 0.29) is 29.9 Å². The first-order valence-corrected chi connectivity index (χ1v) is 11.4. The van der Waals surface area contributed by atoms with Crippen molar-refractivity contribution in [2.24, 2.45) is 5.92 Å². The number of nitrogens with zero attached hydrogens (tertiary/aromatic N) is 1. The Morgan fingerprint density at radius 1 is 1.07 bits per heavy atom. The summed E-state index contributed by atoms with van der Waals surface area (Å²) in [5.74, 6) is 0.149. The smallest absolute Gasteiger partial charge is 0.242 e. The van der Waals surface area contributed by atoms with E-state index in [1.54, 1.807) is 31.2 Å². The zero-order valence-electron chi connectivity index (χ0n) is 17.5. The van der Waals surface area contributed by atoms with Crippen LogP contribution in [0.5, 0.6) is 0 Å². The standard InChI is InChI=1S/C23H28ClFN2O2S/c1-16(2)12-26-23(29)17(3)27(13-18-8-4-6-10-20(18)24)22(28)15-30-14-19-9-5-7-11-21(19)25/h4-11,16-17H,12-15H2,1-3H3,(H,26,29)/t17-/m1/s1. The molecular weight excluding hydrogens is 423 g/mol. The van der Waals surface area contributed by atoms with Crippen molar-refractivity contribution in [3.05, 3.63) is 70.5 Å². The molecule has 0 spiro atoms. The lowest BCUT2D eigenvalue weighted by molar-refractivity contribution is -0.138. The van der Waals surface area contributed by atoms with Crippen LogP contribution in [-0.2, 0) is 21.9 Å². The third kappa shape index (κ3) is 7.33. The Morgan fingerprint density at radius 2 is 1.70 bits per heavy atom. The van der Waals surface area contributed by atoms with Crippen molar-refractivity contribution in [2.75, 3.05) is 12.3 Å². The van der Waals surface area contributed by atoms with Crippen molar-refractivity contribution in [3.63, 3.8) is 0 Å². The third-order valence-corrected chi connectivity index (χ3v) is 5.93. The van der Waals surface area contributed by atoms with E-state index in [0.29, 0.717) is 28.8 Å². The number of amides is 2. The maximum atomic E-state index is 13.8. The molecule has 0 aliphatic heterocycles. The molecule has 0 bridgehead atoms. The second-order valence-corrected chi connectivity index (χ2v) is 8.91. The molecule has 0 unspecified atom stereocenters. The molecule has 0 radical (unpaired) electrons. The van der Waals surface area contributed by atoms with Gasteiger partial charge >= 0.3 is 0 Å². The SMILES string of the molecule is CC(C)CNC(=O)[C@@H](C)N(Cc1ccccc1Cl)C(=O)CSCc1ccccc1F. The Labute approximate surface area is 187 Å². The monoisotopic (exact) mass is 450 g/mol. The van der Waals surface area contributed by atoms with Crippen LogP contribution in [0.3, 0.4) is 0 Å². The van der Waals surface area contributed by atoms with Gasteiger partial charge < -0.3 is 10.2 Å². The molecule has 4 nitrogen and oxygen atoms in total. The molecule has 0 aliphatic rings. The molecule has 0 saturated carbocycles. The highest BCUT2D eigenvalue weighted by Crippen LogP contribution is 2.21. The molecule has 162 valence electrons. The Bertz CT molecular complexity index is 863. The summed E-state index contributed by atoms with van der Waals surface area (Å²) in [5.41, 5.74) is 1.32. The van der Waals surface area contributed by atoms with Gasteiger partial charge in [-0.25, -0.2) is 4.39 Å². The topological polar surface area (TPSA) is 49.4 Å². The van der Waals surface area contributed by atoms with Gasteiger partial charge in [-0.3, -0.25) is 9.59 Å². The summed E-state index contributed by atoms with van der Waals surface area (Å²) in [6.45, 7) is 6.51. The van der Waals surface area contributed by atoms with Gasteiger partial charge in [0.05, 0.1) is 5.75 Å². The Morgan fingerprint density at radius 3 is 2.33 bits per heavy atom. The van der Waals surface area contributed by atoms with Gasteiger partial charge in [-0.15, -0.1) is 11.8 Å². The highest BCUT2D eigenvalue weighted by molar-refractivity contribution is 7.99. The molecule has 0 saturated heterocycles. The quantitative estimate of drug-likeness (QED) is 0.560. The highest BCUT2D eigenvalue weighted by Gasteiger charge is 2.26. The van der Waals surface area contributed by atoms with Gasteiger partial charge in [0.1, 0.15) is 11.9 Å². The Balaban J connectivity index is 2.08. The van der Waals surface area contributed by atoms with Gasteiger partial charge in [-0.2, -0.15) is 0 Å². The predicted molar refractivity (Wildman–Crippen MR) is 122 cm³/mol. The minimum atomic E-state index is -0.651. The first-order chi connectivity index (χ1) is 14.3. The summed E-state index contributed by atoms with van der Waals surface area (Å²) in [4.78, 5) is 27.2. The fraction of sp³-hybridized carbons (Fsp3) is 0.391. The molecule has 1 N–H and O–H groups in total. The summed E-state index contributed by atoms with van der Waals surface area (Å²) < 4.78 is 13.8. The lowest BCUT2D eigenvalue weighted by Gasteiger charge is -2.29. The molecule has 0 heterocycles. The molecule has 0 aliphatic carbocycles. The number of rotatable bonds is 10. The van der Waals surface area contributed by atoms with Crippen LogP contribution >= 0.6 is 23.4 Å². The molecule has 2 amide bonds. The number of thioether (sulfide) groups is 1. The van der Waals surface area contributed by atoms with Crippen LogP contribution in [0.25, 0.3) is 0 Å². The molecule has 2 aromatic rings. The summed E-state index contributed by atoms with van der Waals surface area (Å²) in [7, 11) is 0. The Hall–Kier alpha value is -2.05. The number of benzene rings is 2. The van der Waals surface area contributed by atoms with Crippen LogP contribution in [0, 0.1) is 11.7 Å². The molecule has 0 fully saturated rings. The largest absolute Gasteiger partial charge is 0.354 e. The fourth-order valence-electron chi connectivity index (χ4n) is 2.79. The number of carbonyl (C=O) groups is 2. The van der Waals surface area contributed by atoms with E-state index < -0.39 is 6.04 Å². The van der Waals surface area contributed by atoms with Crippen molar-refractivity contribution >= 4 is 35.2 Å². The van der Waals surface area contributed by atoms with Gasteiger partial charge in [0, 0.05) is 23.9 Å². The predicted octanol–water partition coefficient (Wildman–Crippen LogP) is 4.90. The first-order valence-electron chi connectivity index (χ1n) is 9.91. The van der Waals surface area contributed by atoms with Gasteiger partial charge in [0.15, 0.2) is 0 Å². The van der Waals surface area contributed by atoms with Crippen molar-refractivity contribution in [2.45, 2.75) is 39.1 Å². The number of halogens is 2. The molecule has 2 aromatic carbocycles. The molecule has 0 aromatic heterocycles. The van der Waals surface area contributed by atoms with Crippen LogP contribution in [0.4, 0.5) is 4.39 Å². The maximum Gasteiger partial charge on any atom is 0.242 e. The van der Waals surface area contributed by atoms with Crippen molar-refractivity contribution in [1.82, 2.24) is 10.2 Å². The number of carbonyl (C=O) groups excluding carboxylic acids is 2. The lowest BCUT2D eigenvalue weighted by atomic mass is 10.1. The fourth-order valence-corrected chi connectivity index (χ4v) is 3.88. The summed E-state index contributed by atoms with van der Waals surface area (Å²) >= 11 is 7.60. The minimum Gasteiger partial charge on any atom is -0.354 e. The van der Waals surface area contributed by atoms with Crippen LogP contribution < -0.4 is 5.32 Å². The first kappa shape index (κ1) is 24.2. The van der Waals surface area contributed by atoms with Crippen molar-refractivity contribution in [3.8, 4) is 0 Å². The van der Waals surface area contributed by atoms with E-state index in [2.05, 4.69) is 5.32 Å². The zero-order valence-corrected chi connectivity index (χ0v) is 19.1. The summed E-state index contributed by atoms with van der Waals surface area (Å²) in [6, 6.07) is 13.1. The summed E-state index contributed by atoms with van der Waals surface area (Å²) in [6.07, 6.45) is 0. The van der Waals surface area contributed by atoms with E-state index in [1.807, 2.05) is 32.0 Å². The molecule has 7 heteroatoms. The molecule has 1 atom stereocenters. The van der Waals surface area contributed by atoms with E-state index >= 15 is 0 Å². The average molecular weight is 451 g/mol. The average Bonchev–Trinajstić information content (AvgIpc) is 2.72. The number of hydrogen-bond acceptors (Lipinski definition) is 3. The zero-order chi connectivity index (χ0) is 22.1. The van der Waals surface area contributed by atoms with Crippen LogP contribution in [-0.4, -0.2) is 35.1 Å². The molecule has 2 rings (SSSR count). The highest BCUT2D eigenvalue weighted by atomic mass is 35.5. The van der Waals surface area contributed by atoms with Crippen molar-refractivity contribution < 1.29 is 14.0 Å².